The van der Waals surface area contributed by atoms with Gasteiger partial charge in [0.25, 0.3) is 0 Å². The van der Waals surface area contributed by atoms with Crippen LogP contribution in [0.4, 0.5) is 4.39 Å². The average Bonchev–Trinajstić information content (AvgIpc) is 3.04. The van der Waals surface area contributed by atoms with Gasteiger partial charge in [-0.1, -0.05) is 6.42 Å². The maximum Gasteiger partial charge on any atom is 0.145 e. The Hall–Kier alpha value is -0.750. The zero-order valence-electron chi connectivity index (χ0n) is 12.8. The maximum absolute atomic E-state index is 13.9. The highest BCUT2D eigenvalue weighted by molar-refractivity contribution is 9.11. The summed E-state index contributed by atoms with van der Waals surface area (Å²) in [6.07, 6.45) is 6.58. The van der Waals surface area contributed by atoms with Crippen LogP contribution in [-0.4, -0.2) is 20.9 Å². The number of hydrogen-bond acceptors (Lipinski definition) is 3. The maximum atomic E-state index is 13.9. The van der Waals surface area contributed by atoms with Crippen LogP contribution in [0.5, 0.6) is 0 Å². The van der Waals surface area contributed by atoms with Crippen molar-refractivity contribution in [1.82, 2.24) is 14.8 Å². The van der Waals surface area contributed by atoms with Gasteiger partial charge in [0, 0.05) is 16.8 Å². The van der Waals surface area contributed by atoms with Gasteiger partial charge >= 0.3 is 0 Å². The third-order valence-electron chi connectivity index (χ3n) is 5.72. The number of nitrogens with zero attached hydrogens (tertiary/aromatic N) is 3. The highest BCUT2D eigenvalue weighted by Crippen LogP contribution is 2.54. The first-order valence-corrected chi connectivity index (χ1v) is 10.1. The zero-order valence-corrected chi connectivity index (χ0v) is 15.2. The van der Waals surface area contributed by atoms with Gasteiger partial charge in [-0.15, -0.1) is 21.5 Å². The van der Waals surface area contributed by atoms with Crippen molar-refractivity contribution >= 4 is 27.3 Å². The fraction of sp³-hybridized carbons (Fsp3) is 0.647. The van der Waals surface area contributed by atoms with Crippen LogP contribution < -0.4 is 0 Å². The van der Waals surface area contributed by atoms with E-state index >= 15 is 0 Å². The summed E-state index contributed by atoms with van der Waals surface area (Å²) in [5.41, 5.74) is -0.256. The van der Waals surface area contributed by atoms with Crippen LogP contribution in [0.15, 0.2) is 15.9 Å². The van der Waals surface area contributed by atoms with Crippen LogP contribution >= 0.6 is 27.3 Å². The van der Waals surface area contributed by atoms with Crippen LogP contribution in [0.1, 0.15) is 73.4 Å². The molecule has 3 fully saturated rings. The predicted octanol–water partition coefficient (Wildman–Crippen LogP) is 5.12. The van der Waals surface area contributed by atoms with Crippen molar-refractivity contribution < 1.29 is 4.39 Å². The van der Waals surface area contributed by atoms with E-state index in [4.69, 9.17) is 0 Å². The van der Waals surface area contributed by atoms with E-state index in [1.165, 1.54) is 42.8 Å². The van der Waals surface area contributed by atoms with Crippen molar-refractivity contribution in [3.05, 3.63) is 32.4 Å². The fourth-order valence-electron chi connectivity index (χ4n) is 4.03. The molecule has 0 atom stereocenters. The van der Waals surface area contributed by atoms with E-state index in [1.807, 2.05) is 0 Å². The molecule has 0 saturated heterocycles. The van der Waals surface area contributed by atoms with Gasteiger partial charge in [0.05, 0.1) is 9.20 Å². The summed E-state index contributed by atoms with van der Waals surface area (Å²) in [5.74, 6) is 2.78. The fourth-order valence-corrected chi connectivity index (χ4v) is 5.62. The number of alkyl halides is 1. The van der Waals surface area contributed by atoms with Crippen LogP contribution in [0, 0.1) is 0 Å². The molecule has 0 spiro atoms. The molecule has 3 nitrogen and oxygen atoms in total. The van der Waals surface area contributed by atoms with Gasteiger partial charge in [-0.3, -0.25) is 0 Å². The summed E-state index contributed by atoms with van der Waals surface area (Å²) in [6, 6.07) is 4.75. The smallest absolute Gasteiger partial charge is 0.145 e. The summed E-state index contributed by atoms with van der Waals surface area (Å²) >= 11 is 5.27. The zero-order chi connectivity index (χ0) is 15.6. The Balaban J connectivity index is 1.62. The SMILES string of the molecule is F[C@H]1C[C@](c2ccc(Br)s2)(c2nnc(C3CCC3)n2C2CC2)C1. The number of rotatable bonds is 4. The Morgan fingerprint density at radius 2 is 1.96 bits per heavy atom. The largest absolute Gasteiger partial charge is 0.311 e. The summed E-state index contributed by atoms with van der Waals surface area (Å²) in [7, 11) is 0. The van der Waals surface area contributed by atoms with E-state index in [1.54, 1.807) is 11.3 Å². The van der Waals surface area contributed by atoms with Gasteiger partial charge in [0.15, 0.2) is 0 Å². The van der Waals surface area contributed by atoms with Crippen molar-refractivity contribution in [3.8, 4) is 0 Å². The Kier molecular flexibility index (Phi) is 3.25. The predicted molar refractivity (Wildman–Crippen MR) is 91.8 cm³/mol. The molecule has 0 bridgehead atoms. The quantitative estimate of drug-likeness (QED) is 0.718. The molecule has 6 heteroatoms. The van der Waals surface area contributed by atoms with E-state index in [2.05, 4.69) is 42.8 Å². The molecule has 0 amide bonds. The summed E-state index contributed by atoms with van der Waals surface area (Å²) in [6.45, 7) is 0. The van der Waals surface area contributed by atoms with Gasteiger partial charge in [0.2, 0.25) is 0 Å². The monoisotopic (exact) mass is 395 g/mol. The topological polar surface area (TPSA) is 30.7 Å². The Labute approximate surface area is 147 Å². The minimum Gasteiger partial charge on any atom is -0.311 e. The molecule has 5 rings (SSSR count). The Morgan fingerprint density at radius 1 is 1.17 bits per heavy atom. The first-order chi connectivity index (χ1) is 11.2. The van der Waals surface area contributed by atoms with Gasteiger partial charge in [-0.25, -0.2) is 4.39 Å². The minimum atomic E-state index is -0.715. The minimum absolute atomic E-state index is 0.256. The number of aromatic nitrogens is 3. The van der Waals surface area contributed by atoms with Gasteiger partial charge < -0.3 is 4.57 Å². The molecule has 0 aromatic carbocycles. The van der Waals surface area contributed by atoms with E-state index in [-0.39, 0.29) is 5.41 Å². The van der Waals surface area contributed by atoms with Crippen LogP contribution in [-0.2, 0) is 5.41 Å². The first-order valence-electron chi connectivity index (χ1n) is 8.52. The van der Waals surface area contributed by atoms with Crippen molar-refractivity contribution in [2.45, 2.75) is 68.5 Å². The summed E-state index contributed by atoms with van der Waals surface area (Å²) < 4.78 is 17.4. The lowest BCUT2D eigenvalue weighted by atomic mass is 9.65. The summed E-state index contributed by atoms with van der Waals surface area (Å²) in [4.78, 5) is 1.23. The highest BCUT2D eigenvalue weighted by Gasteiger charge is 2.53. The van der Waals surface area contributed by atoms with Gasteiger partial charge in [-0.05, 0) is 66.6 Å². The number of hydrogen-bond donors (Lipinski definition) is 0. The van der Waals surface area contributed by atoms with Crippen LogP contribution in [0.25, 0.3) is 0 Å². The molecule has 122 valence electrons. The van der Waals surface area contributed by atoms with Crippen molar-refractivity contribution in [3.63, 3.8) is 0 Å². The molecular weight excluding hydrogens is 377 g/mol. The molecule has 0 radical (unpaired) electrons. The van der Waals surface area contributed by atoms with Crippen molar-refractivity contribution in [2.75, 3.05) is 0 Å². The van der Waals surface area contributed by atoms with E-state index in [0.29, 0.717) is 24.8 Å². The van der Waals surface area contributed by atoms with Crippen molar-refractivity contribution in [1.29, 1.82) is 0 Å². The highest BCUT2D eigenvalue weighted by atomic mass is 79.9. The van der Waals surface area contributed by atoms with E-state index in [9.17, 15) is 4.39 Å². The second-order valence-corrected chi connectivity index (χ2v) is 9.77. The molecule has 2 aromatic heterocycles. The lowest BCUT2D eigenvalue weighted by Crippen LogP contribution is -2.45. The molecule has 0 unspecified atom stereocenters. The lowest BCUT2D eigenvalue weighted by Gasteiger charge is -2.43. The third kappa shape index (κ3) is 2.17. The Morgan fingerprint density at radius 3 is 2.48 bits per heavy atom. The first kappa shape index (κ1) is 14.6. The molecule has 3 aliphatic carbocycles. The second-order valence-electron chi connectivity index (χ2n) is 7.30. The second kappa shape index (κ2) is 5.12. The Bertz CT molecular complexity index is 741. The number of halogens is 2. The molecule has 2 aromatic rings. The van der Waals surface area contributed by atoms with Gasteiger partial charge in [-0.2, -0.15) is 0 Å². The molecule has 23 heavy (non-hydrogen) atoms. The molecule has 0 aliphatic heterocycles. The number of thiophene rings is 1. The lowest BCUT2D eigenvalue weighted by molar-refractivity contribution is 0.116. The normalized spacial score (nSPS) is 31.0. The van der Waals surface area contributed by atoms with Crippen molar-refractivity contribution in [2.24, 2.45) is 0 Å². The summed E-state index contributed by atoms with van der Waals surface area (Å²) in [5, 5.41) is 9.22. The average molecular weight is 396 g/mol. The standard InChI is InChI=1S/C17H19BrFN3S/c18-14-7-6-13(23-14)17(8-11(19)9-17)16-21-20-15(10-2-1-3-10)22(16)12-4-5-12/h6-7,10-12H,1-5,8-9H2/t11-,17-. The molecule has 2 heterocycles. The van der Waals surface area contributed by atoms with E-state index in [0.717, 1.165) is 9.61 Å². The molecule has 0 N–H and O–H groups in total. The molecule has 3 aliphatic rings. The van der Waals surface area contributed by atoms with Gasteiger partial charge in [0.1, 0.15) is 17.8 Å². The van der Waals surface area contributed by atoms with E-state index < -0.39 is 6.17 Å². The molecular formula is C17H19BrFN3S. The third-order valence-corrected chi connectivity index (χ3v) is 7.55. The van der Waals surface area contributed by atoms with Crippen LogP contribution in [0.3, 0.4) is 0 Å². The molecule has 3 saturated carbocycles. The van der Waals surface area contributed by atoms with Crippen LogP contribution in [0.2, 0.25) is 0 Å².